The maximum absolute atomic E-state index is 12.7. The van der Waals surface area contributed by atoms with Crippen LogP contribution in [-0.4, -0.2) is 27.9 Å². The summed E-state index contributed by atoms with van der Waals surface area (Å²) < 4.78 is 1.81. The van der Waals surface area contributed by atoms with Gasteiger partial charge in [0.1, 0.15) is 6.04 Å². The number of fused-ring (bicyclic) bond motifs is 3. The Kier molecular flexibility index (Phi) is 3.93. The molecule has 0 bridgehead atoms. The molecule has 6 nitrogen and oxygen atoms in total. The molecular weight excluding hydrogens is 316 g/mol. The van der Waals surface area contributed by atoms with E-state index < -0.39 is 6.04 Å². The summed E-state index contributed by atoms with van der Waals surface area (Å²) in [4.78, 5) is 29.1. The van der Waals surface area contributed by atoms with Crippen molar-refractivity contribution in [3.8, 4) is 0 Å². The van der Waals surface area contributed by atoms with E-state index in [-0.39, 0.29) is 18.2 Å². The predicted molar refractivity (Wildman–Crippen MR) is 95.2 cm³/mol. The Morgan fingerprint density at radius 2 is 1.92 bits per heavy atom. The van der Waals surface area contributed by atoms with Gasteiger partial charge >= 0.3 is 0 Å². The molecule has 0 saturated heterocycles. The van der Waals surface area contributed by atoms with Crippen LogP contribution >= 0.6 is 0 Å². The van der Waals surface area contributed by atoms with Crippen LogP contribution in [0.25, 0.3) is 11.0 Å². The topological polar surface area (TPSA) is 76.0 Å². The molecule has 1 aliphatic rings. The number of imidazole rings is 1. The number of nitrogens with zero attached hydrogens (tertiary/aromatic N) is 2. The summed E-state index contributed by atoms with van der Waals surface area (Å²) in [6, 6.07) is 17.0. The van der Waals surface area contributed by atoms with E-state index in [0.29, 0.717) is 12.5 Å². The van der Waals surface area contributed by atoms with Crippen LogP contribution in [0.1, 0.15) is 18.0 Å². The fourth-order valence-electron chi connectivity index (χ4n) is 3.19. The number of carbonyl (C=O) groups is 2. The lowest BCUT2D eigenvalue weighted by molar-refractivity contribution is -0.128. The molecule has 0 fully saturated rings. The van der Waals surface area contributed by atoms with Crippen LogP contribution < -0.4 is 10.6 Å². The Balaban J connectivity index is 1.54. The summed E-state index contributed by atoms with van der Waals surface area (Å²) in [5.41, 5.74) is 2.78. The van der Waals surface area contributed by atoms with Gasteiger partial charge in [-0.1, -0.05) is 42.5 Å². The number of amides is 2. The maximum Gasteiger partial charge on any atom is 0.243 e. The highest BCUT2D eigenvalue weighted by Gasteiger charge is 2.32. The molecule has 1 unspecified atom stereocenters. The van der Waals surface area contributed by atoms with Gasteiger partial charge in [0.25, 0.3) is 0 Å². The minimum atomic E-state index is -0.577. The molecule has 4 rings (SSSR count). The van der Waals surface area contributed by atoms with Gasteiger partial charge in [-0.05, 0) is 24.1 Å². The van der Waals surface area contributed by atoms with Gasteiger partial charge in [0.15, 0.2) is 0 Å². The van der Waals surface area contributed by atoms with E-state index in [1.807, 2.05) is 59.2 Å². The van der Waals surface area contributed by atoms with E-state index in [2.05, 4.69) is 15.6 Å². The Bertz CT molecular complexity index is 933. The van der Waals surface area contributed by atoms with Crippen molar-refractivity contribution >= 4 is 28.8 Å². The zero-order valence-electron chi connectivity index (χ0n) is 13.6. The number of benzene rings is 2. The van der Waals surface area contributed by atoms with Gasteiger partial charge < -0.3 is 5.32 Å². The Labute approximate surface area is 144 Å². The molecule has 0 spiro atoms. The molecule has 1 aliphatic heterocycles. The molecule has 2 aromatic carbocycles. The summed E-state index contributed by atoms with van der Waals surface area (Å²) in [5, 5.41) is 5.70. The molecular formula is C19H18N4O2. The highest BCUT2D eigenvalue weighted by molar-refractivity contribution is 5.99. The number of aromatic nitrogens is 2. The molecule has 3 aromatic rings. The summed E-state index contributed by atoms with van der Waals surface area (Å²) >= 11 is 0. The number of hydrogen-bond acceptors (Lipinski definition) is 3. The molecule has 25 heavy (non-hydrogen) atoms. The average molecular weight is 334 g/mol. The van der Waals surface area contributed by atoms with E-state index >= 15 is 0 Å². The van der Waals surface area contributed by atoms with Gasteiger partial charge in [0.05, 0.1) is 17.5 Å². The average Bonchev–Trinajstić information content (AvgIpc) is 2.99. The molecule has 2 heterocycles. The third-order valence-corrected chi connectivity index (χ3v) is 4.40. The van der Waals surface area contributed by atoms with Gasteiger partial charge in [0, 0.05) is 6.54 Å². The van der Waals surface area contributed by atoms with Crippen LogP contribution in [-0.2, 0) is 16.0 Å². The fraction of sp³-hybridized carbons (Fsp3) is 0.211. The first kappa shape index (κ1) is 15.4. The van der Waals surface area contributed by atoms with Crippen LogP contribution in [0.15, 0.2) is 54.6 Å². The number of para-hydroxylation sites is 2. The van der Waals surface area contributed by atoms with Crippen molar-refractivity contribution in [2.75, 3.05) is 11.9 Å². The van der Waals surface area contributed by atoms with Gasteiger partial charge in [-0.15, -0.1) is 0 Å². The van der Waals surface area contributed by atoms with E-state index in [0.717, 1.165) is 23.0 Å². The molecule has 6 heteroatoms. The quantitative estimate of drug-likeness (QED) is 0.768. The largest absolute Gasteiger partial charge is 0.354 e. The smallest absolute Gasteiger partial charge is 0.243 e. The fourth-order valence-corrected chi connectivity index (χ4v) is 3.19. The zero-order valence-corrected chi connectivity index (χ0v) is 13.6. The Morgan fingerprint density at radius 3 is 2.76 bits per heavy atom. The molecule has 2 amide bonds. The Hall–Kier alpha value is -3.15. The molecule has 1 atom stereocenters. The van der Waals surface area contributed by atoms with Crippen molar-refractivity contribution in [1.82, 2.24) is 14.9 Å². The third-order valence-electron chi connectivity index (χ3n) is 4.40. The van der Waals surface area contributed by atoms with Crippen LogP contribution in [0.5, 0.6) is 0 Å². The van der Waals surface area contributed by atoms with Crippen molar-refractivity contribution in [1.29, 1.82) is 0 Å². The van der Waals surface area contributed by atoms with Crippen molar-refractivity contribution in [2.45, 2.75) is 18.9 Å². The molecule has 0 radical (unpaired) electrons. The second kappa shape index (κ2) is 6.39. The van der Waals surface area contributed by atoms with E-state index in [1.165, 1.54) is 0 Å². The number of carbonyl (C=O) groups excluding carboxylic acids is 2. The number of hydrogen-bond donors (Lipinski definition) is 2. The number of rotatable bonds is 4. The SMILES string of the molecule is O=C1CC(C(=O)NCCc2ccccc2)n2c(nc3ccccc32)N1. The van der Waals surface area contributed by atoms with E-state index in [4.69, 9.17) is 0 Å². The lowest BCUT2D eigenvalue weighted by Gasteiger charge is -2.25. The van der Waals surface area contributed by atoms with Crippen LogP contribution in [0.3, 0.4) is 0 Å². The first-order valence-corrected chi connectivity index (χ1v) is 8.31. The van der Waals surface area contributed by atoms with Crippen LogP contribution in [0.2, 0.25) is 0 Å². The minimum Gasteiger partial charge on any atom is -0.354 e. The van der Waals surface area contributed by atoms with E-state index in [9.17, 15) is 9.59 Å². The molecule has 1 aromatic heterocycles. The van der Waals surface area contributed by atoms with Crippen LogP contribution in [0.4, 0.5) is 5.95 Å². The van der Waals surface area contributed by atoms with Gasteiger partial charge in [-0.2, -0.15) is 0 Å². The lowest BCUT2D eigenvalue weighted by Crippen LogP contribution is -2.39. The minimum absolute atomic E-state index is 0.116. The second-order valence-corrected chi connectivity index (χ2v) is 6.09. The summed E-state index contributed by atoms with van der Waals surface area (Å²) in [5.74, 6) is 0.0851. The first-order valence-electron chi connectivity index (χ1n) is 8.31. The standard InChI is InChI=1S/C19H18N4O2/c24-17-12-16(18(25)20-11-10-13-6-2-1-3-7-13)23-15-9-5-4-8-14(15)21-19(23)22-17/h1-9,16H,10-12H2,(H,20,25)(H,21,22,24). The summed E-state index contributed by atoms with van der Waals surface area (Å²) in [7, 11) is 0. The lowest BCUT2D eigenvalue weighted by atomic mass is 10.1. The van der Waals surface area contributed by atoms with Gasteiger partial charge in [-0.25, -0.2) is 4.98 Å². The van der Waals surface area contributed by atoms with Crippen molar-refractivity contribution in [3.05, 3.63) is 60.2 Å². The van der Waals surface area contributed by atoms with Crippen molar-refractivity contribution in [2.24, 2.45) is 0 Å². The predicted octanol–water partition coefficient (Wildman–Crippen LogP) is 2.28. The van der Waals surface area contributed by atoms with Gasteiger partial charge in [-0.3, -0.25) is 19.5 Å². The Morgan fingerprint density at radius 1 is 1.16 bits per heavy atom. The number of nitrogens with one attached hydrogen (secondary N) is 2. The molecule has 126 valence electrons. The maximum atomic E-state index is 12.7. The highest BCUT2D eigenvalue weighted by Crippen LogP contribution is 2.30. The monoisotopic (exact) mass is 334 g/mol. The van der Waals surface area contributed by atoms with Crippen molar-refractivity contribution in [3.63, 3.8) is 0 Å². The van der Waals surface area contributed by atoms with Crippen molar-refractivity contribution < 1.29 is 9.59 Å². The van der Waals surface area contributed by atoms with Gasteiger partial charge in [0.2, 0.25) is 17.8 Å². The van der Waals surface area contributed by atoms with Crippen LogP contribution in [0, 0.1) is 0 Å². The highest BCUT2D eigenvalue weighted by atomic mass is 16.2. The normalized spacial score (nSPS) is 16.3. The van der Waals surface area contributed by atoms with E-state index in [1.54, 1.807) is 0 Å². The molecule has 0 saturated carbocycles. The second-order valence-electron chi connectivity index (χ2n) is 6.09. The number of anilines is 1. The molecule has 2 N–H and O–H groups in total. The first-order chi connectivity index (χ1) is 12.2. The molecule has 0 aliphatic carbocycles. The zero-order chi connectivity index (χ0) is 17.2. The third kappa shape index (κ3) is 2.98. The summed E-state index contributed by atoms with van der Waals surface area (Å²) in [6.45, 7) is 0.531. The summed E-state index contributed by atoms with van der Waals surface area (Å²) in [6.07, 6.45) is 0.869.